The predicted octanol–water partition coefficient (Wildman–Crippen LogP) is 3.67. The van der Waals surface area contributed by atoms with Crippen molar-refractivity contribution in [2.45, 2.75) is 32.4 Å². The van der Waals surface area contributed by atoms with Crippen LogP contribution in [0.1, 0.15) is 43.2 Å². The van der Waals surface area contributed by atoms with Crippen LogP contribution in [0.3, 0.4) is 0 Å². The molecule has 140 valence electrons. The Labute approximate surface area is 160 Å². The maximum atomic E-state index is 12.3. The van der Waals surface area contributed by atoms with Gasteiger partial charge in [0.1, 0.15) is 0 Å². The highest BCUT2D eigenvalue weighted by Crippen LogP contribution is 2.25. The average molecular weight is 385 g/mol. The molecule has 2 atom stereocenters. The maximum absolute atomic E-state index is 12.3. The molecule has 2 aromatic heterocycles. The molecule has 1 aromatic carbocycles. The maximum Gasteiger partial charge on any atom is 0.309 e. The van der Waals surface area contributed by atoms with Gasteiger partial charge < -0.3 is 14.5 Å². The first-order valence-electron chi connectivity index (χ1n) is 8.41. The van der Waals surface area contributed by atoms with Crippen molar-refractivity contribution in [3.05, 3.63) is 58.6 Å². The van der Waals surface area contributed by atoms with Gasteiger partial charge in [0, 0.05) is 17.4 Å². The Kier molecular flexibility index (Phi) is 5.97. The normalized spacial score (nSPS) is 13.0. The van der Waals surface area contributed by atoms with Crippen LogP contribution >= 0.6 is 11.3 Å². The lowest BCUT2D eigenvalue weighted by molar-refractivity contribution is -0.150. The topological polar surface area (TPSA) is 94.3 Å². The molecule has 1 amide bonds. The number of ether oxygens (including phenoxy) is 1. The van der Waals surface area contributed by atoms with Gasteiger partial charge in [0.2, 0.25) is 11.8 Å². The first-order valence-corrected chi connectivity index (χ1v) is 9.29. The fourth-order valence-corrected chi connectivity index (χ4v) is 3.29. The molecule has 0 spiro atoms. The van der Waals surface area contributed by atoms with Crippen molar-refractivity contribution in [1.82, 2.24) is 15.5 Å². The summed E-state index contributed by atoms with van der Waals surface area (Å²) in [5.74, 6) is -0.0922. The molecule has 1 N–H and O–H groups in total. The van der Waals surface area contributed by atoms with Crippen molar-refractivity contribution in [3.63, 3.8) is 0 Å². The molecule has 0 saturated heterocycles. The molecule has 0 radical (unpaired) electrons. The van der Waals surface area contributed by atoms with E-state index in [1.807, 2.05) is 47.8 Å². The fraction of sp³-hybridized carbons (Fsp3) is 0.263. The smallest absolute Gasteiger partial charge is 0.309 e. The minimum absolute atomic E-state index is 0.0180. The molecule has 2 heterocycles. The number of carbonyl (C=O) groups excluding carboxylic acids is 2. The highest BCUT2D eigenvalue weighted by atomic mass is 32.1. The van der Waals surface area contributed by atoms with Crippen LogP contribution in [0.5, 0.6) is 0 Å². The van der Waals surface area contributed by atoms with Gasteiger partial charge in [-0.1, -0.05) is 24.3 Å². The average Bonchev–Trinajstić information content (AvgIpc) is 3.33. The van der Waals surface area contributed by atoms with Gasteiger partial charge in [-0.2, -0.15) is 0 Å². The Hall–Kier alpha value is -3.00. The van der Waals surface area contributed by atoms with Gasteiger partial charge in [0.25, 0.3) is 5.89 Å². The Morgan fingerprint density at radius 2 is 1.96 bits per heavy atom. The summed E-state index contributed by atoms with van der Waals surface area (Å²) in [5, 5.41) is 12.6. The first-order chi connectivity index (χ1) is 13.0. The van der Waals surface area contributed by atoms with E-state index in [0.29, 0.717) is 5.89 Å². The van der Waals surface area contributed by atoms with Crippen molar-refractivity contribution in [2.24, 2.45) is 0 Å². The van der Waals surface area contributed by atoms with Gasteiger partial charge in [-0.3, -0.25) is 9.59 Å². The highest BCUT2D eigenvalue weighted by molar-refractivity contribution is 7.10. The molecule has 0 bridgehead atoms. The molecule has 0 aliphatic carbocycles. The third-order valence-corrected chi connectivity index (χ3v) is 4.74. The lowest BCUT2D eigenvalue weighted by atomic mass is 10.1. The summed E-state index contributed by atoms with van der Waals surface area (Å²) in [7, 11) is 0. The second kappa shape index (κ2) is 8.59. The number of esters is 1. The number of aromatic nitrogens is 2. The molecule has 3 aromatic rings. The zero-order valence-corrected chi connectivity index (χ0v) is 15.7. The van der Waals surface area contributed by atoms with Crippen molar-refractivity contribution in [1.29, 1.82) is 0 Å². The number of benzene rings is 1. The molecule has 0 fully saturated rings. The first kappa shape index (κ1) is 18.8. The fourth-order valence-electron chi connectivity index (χ4n) is 2.52. The van der Waals surface area contributed by atoms with Crippen molar-refractivity contribution < 1.29 is 18.7 Å². The van der Waals surface area contributed by atoms with Crippen LogP contribution in [0.25, 0.3) is 11.5 Å². The van der Waals surface area contributed by atoms with E-state index in [-0.39, 0.29) is 18.2 Å². The zero-order valence-electron chi connectivity index (χ0n) is 14.9. The molecule has 2 unspecified atom stereocenters. The standard InChI is InChI=1S/C19H19N3O4S/c1-12(18-21-22-19(26-18)14-7-4-3-5-8-14)25-17(24)11-15(20-13(2)23)16-9-6-10-27-16/h3-10,12,15H,11H2,1-2H3,(H,20,23). The summed E-state index contributed by atoms with van der Waals surface area (Å²) < 4.78 is 11.0. The second-order valence-electron chi connectivity index (χ2n) is 5.92. The van der Waals surface area contributed by atoms with Gasteiger partial charge in [0.05, 0.1) is 12.5 Å². The highest BCUT2D eigenvalue weighted by Gasteiger charge is 2.23. The Bertz CT molecular complexity index is 893. The minimum Gasteiger partial charge on any atom is -0.453 e. The van der Waals surface area contributed by atoms with Gasteiger partial charge in [-0.25, -0.2) is 0 Å². The Morgan fingerprint density at radius 1 is 1.19 bits per heavy atom. The quantitative estimate of drug-likeness (QED) is 0.624. The van der Waals surface area contributed by atoms with Crippen LogP contribution in [-0.2, 0) is 14.3 Å². The molecule has 0 saturated carbocycles. The van der Waals surface area contributed by atoms with E-state index in [0.717, 1.165) is 10.4 Å². The second-order valence-corrected chi connectivity index (χ2v) is 6.90. The predicted molar refractivity (Wildman–Crippen MR) is 99.7 cm³/mol. The molecule has 27 heavy (non-hydrogen) atoms. The Morgan fingerprint density at radius 3 is 2.63 bits per heavy atom. The number of nitrogens with one attached hydrogen (secondary N) is 1. The van der Waals surface area contributed by atoms with E-state index < -0.39 is 18.1 Å². The summed E-state index contributed by atoms with van der Waals surface area (Å²) in [5.41, 5.74) is 0.790. The van der Waals surface area contributed by atoms with E-state index in [1.54, 1.807) is 6.92 Å². The molecular weight excluding hydrogens is 366 g/mol. The molecule has 0 aliphatic rings. The largest absolute Gasteiger partial charge is 0.453 e. The van der Waals surface area contributed by atoms with E-state index >= 15 is 0 Å². The Balaban J connectivity index is 1.63. The lowest BCUT2D eigenvalue weighted by Gasteiger charge is -2.17. The summed E-state index contributed by atoms with van der Waals surface area (Å²) in [6.45, 7) is 3.08. The van der Waals surface area contributed by atoms with Crippen LogP contribution in [0.2, 0.25) is 0 Å². The third-order valence-electron chi connectivity index (χ3n) is 3.75. The van der Waals surface area contributed by atoms with Crippen molar-refractivity contribution in [2.75, 3.05) is 0 Å². The monoisotopic (exact) mass is 385 g/mol. The summed E-state index contributed by atoms with van der Waals surface area (Å²) in [4.78, 5) is 24.6. The molecular formula is C19H19N3O4S. The number of amides is 1. The van der Waals surface area contributed by atoms with Crippen LogP contribution in [-0.4, -0.2) is 22.1 Å². The summed E-state index contributed by atoms with van der Waals surface area (Å²) >= 11 is 1.47. The molecule has 0 aliphatic heterocycles. The summed E-state index contributed by atoms with van der Waals surface area (Å²) in [6, 6.07) is 12.7. The van der Waals surface area contributed by atoms with E-state index in [2.05, 4.69) is 15.5 Å². The SMILES string of the molecule is CC(=O)NC(CC(=O)OC(C)c1nnc(-c2ccccc2)o1)c1cccs1. The molecule has 8 heteroatoms. The lowest BCUT2D eigenvalue weighted by Crippen LogP contribution is -2.28. The van der Waals surface area contributed by atoms with Gasteiger partial charge in [-0.05, 0) is 30.5 Å². The number of hydrogen-bond acceptors (Lipinski definition) is 7. The van der Waals surface area contributed by atoms with E-state index in [1.165, 1.54) is 18.3 Å². The van der Waals surface area contributed by atoms with Crippen LogP contribution in [0.15, 0.2) is 52.3 Å². The van der Waals surface area contributed by atoms with E-state index in [4.69, 9.17) is 9.15 Å². The number of hydrogen-bond donors (Lipinski definition) is 1. The van der Waals surface area contributed by atoms with Crippen molar-refractivity contribution in [3.8, 4) is 11.5 Å². The third kappa shape index (κ3) is 5.01. The number of rotatable bonds is 7. The zero-order chi connectivity index (χ0) is 19.2. The van der Waals surface area contributed by atoms with Gasteiger partial charge in [0.15, 0.2) is 6.10 Å². The summed E-state index contributed by atoms with van der Waals surface area (Å²) in [6.07, 6.45) is -0.673. The van der Waals surface area contributed by atoms with Crippen molar-refractivity contribution >= 4 is 23.2 Å². The van der Waals surface area contributed by atoms with Gasteiger partial charge in [-0.15, -0.1) is 21.5 Å². The number of nitrogens with zero attached hydrogens (tertiary/aromatic N) is 2. The van der Waals surface area contributed by atoms with Crippen LogP contribution < -0.4 is 5.32 Å². The minimum atomic E-state index is -0.691. The molecule has 7 nitrogen and oxygen atoms in total. The van der Waals surface area contributed by atoms with E-state index in [9.17, 15) is 9.59 Å². The number of carbonyl (C=O) groups is 2. The van der Waals surface area contributed by atoms with Crippen LogP contribution in [0.4, 0.5) is 0 Å². The van der Waals surface area contributed by atoms with Crippen LogP contribution in [0, 0.1) is 0 Å². The van der Waals surface area contributed by atoms with Gasteiger partial charge >= 0.3 is 5.97 Å². The molecule has 3 rings (SSSR count). The number of thiophene rings is 1.